The van der Waals surface area contributed by atoms with Gasteiger partial charge in [0, 0.05) is 12.1 Å². The molecular formula is C16H24ClNO. The number of methoxy groups -OCH3 is 1. The Balaban J connectivity index is 2.35. The number of hydrogen-bond acceptors (Lipinski definition) is 2. The second-order valence-electron chi connectivity index (χ2n) is 5.43. The first-order valence-corrected chi connectivity index (χ1v) is 7.58. The van der Waals surface area contributed by atoms with Crippen LogP contribution in [0.15, 0.2) is 24.3 Å². The van der Waals surface area contributed by atoms with Gasteiger partial charge in [-0.2, -0.15) is 0 Å². The Hall–Kier alpha value is -0.570. The van der Waals surface area contributed by atoms with E-state index in [4.69, 9.17) is 16.3 Å². The summed E-state index contributed by atoms with van der Waals surface area (Å²) in [5, 5.41) is 4.26. The van der Waals surface area contributed by atoms with Crippen LogP contribution < -0.4 is 5.32 Å². The van der Waals surface area contributed by atoms with Crippen molar-refractivity contribution in [3.8, 4) is 0 Å². The standard InChI is InChI=1S/C16H24ClNO/c1-18-15(13-9-5-6-10-14(13)17)16(19-2)11-7-3-4-8-12-16/h5-6,9-10,15,18H,3-4,7-8,11-12H2,1-2H3. The van der Waals surface area contributed by atoms with Gasteiger partial charge in [-0.25, -0.2) is 0 Å². The van der Waals surface area contributed by atoms with Crippen molar-refractivity contribution in [2.45, 2.75) is 50.2 Å². The molecule has 0 bridgehead atoms. The largest absolute Gasteiger partial charge is 0.376 e. The van der Waals surface area contributed by atoms with E-state index in [0.29, 0.717) is 0 Å². The zero-order valence-corrected chi connectivity index (χ0v) is 12.7. The van der Waals surface area contributed by atoms with E-state index in [1.165, 1.54) is 25.7 Å². The van der Waals surface area contributed by atoms with Crippen molar-refractivity contribution in [1.29, 1.82) is 0 Å². The molecule has 1 atom stereocenters. The van der Waals surface area contributed by atoms with E-state index < -0.39 is 0 Å². The molecule has 0 aromatic heterocycles. The van der Waals surface area contributed by atoms with Crippen LogP contribution in [0.5, 0.6) is 0 Å². The van der Waals surface area contributed by atoms with Crippen LogP contribution in [-0.4, -0.2) is 19.8 Å². The van der Waals surface area contributed by atoms with E-state index in [1.807, 2.05) is 32.4 Å². The number of rotatable bonds is 4. The van der Waals surface area contributed by atoms with E-state index in [1.54, 1.807) is 0 Å². The smallest absolute Gasteiger partial charge is 0.0872 e. The van der Waals surface area contributed by atoms with E-state index in [-0.39, 0.29) is 11.6 Å². The number of benzene rings is 1. The maximum Gasteiger partial charge on any atom is 0.0872 e. The molecule has 0 heterocycles. The topological polar surface area (TPSA) is 21.3 Å². The van der Waals surface area contributed by atoms with Gasteiger partial charge in [-0.1, -0.05) is 55.5 Å². The Morgan fingerprint density at radius 2 is 1.79 bits per heavy atom. The van der Waals surface area contributed by atoms with Crippen LogP contribution in [0.4, 0.5) is 0 Å². The molecule has 1 aliphatic rings. The van der Waals surface area contributed by atoms with Gasteiger partial charge in [0.2, 0.25) is 0 Å². The summed E-state index contributed by atoms with van der Waals surface area (Å²) >= 11 is 6.38. The highest BCUT2D eigenvalue weighted by Gasteiger charge is 2.40. The van der Waals surface area contributed by atoms with Gasteiger partial charge in [-0.05, 0) is 31.5 Å². The van der Waals surface area contributed by atoms with E-state index >= 15 is 0 Å². The number of ether oxygens (including phenoxy) is 1. The molecule has 1 fully saturated rings. The predicted molar refractivity (Wildman–Crippen MR) is 80.7 cm³/mol. The Bertz CT molecular complexity index is 399. The minimum atomic E-state index is -0.129. The molecule has 0 amide bonds. The highest BCUT2D eigenvalue weighted by molar-refractivity contribution is 6.31. The molecule has 1 aliphatic carbocycles. The van der Waals surface area contributed by atoms with Gasteiger partial charge in [0.05, 0.1) is 11.6 Å². The van der Waals surface area contributed by atoms with Gasteiger partial charge in [-0.15, -0.1) is 0 Å². The normalized spacial score (nSPS) is 20.8. The van der Waals surface area contributed by atoms with Gasteiger partial charge >= 0.3 is 0 Å². The van der Waals surface area contributed by atoms with Crippen LogP contribution in [0, 0.1) is 0 Å². The molecule has 19 heavy (non-hydrogen) atoms. The van der Waals surface area contributed by atoms with Crippen LogP contribution in [0.2, 0.25) is 5.02 Å². The molecule has 1 aromatic rings. The molecule has 1 saturated carbocycles. The predicted octanol–water partition coefficient (Wildman–Crippen LogP) is 4.34. The molecule has 0 spiro atoms. The van der Waals surface area contributed by atoms with Crippen molar-refractivity contribution in [2.75, 3.05) is 14.2 Å². The number of nitrogens with one attached hydrogen (secondary N) is 1. The maximum atomic E-state index is 6.38. The summed E-state index contributed by atoms with van der Waals surface area (Å²) in [4.78, 5) is 0. The third kappa shape index (κ3) is 3.13. The lowest BCUT2D eigenvalue weighted by atomic mass is 9.82. The van der Waals surface area contributed by atoms with E-state index in [2.05, 4.69) is 11.4 Å². The van der Waals surface area contributed by atoms with Gasteiger partial charge < -0.3 is 10.1 Å². The molecular weight excluding hydrogens is 258 g/mol. The lowest BCUT2D eigenvalue weighted by molar-refractivity contribution is -0.0522. The van der Waals surface area contributed by atoms with Crippen molar-refractivity contribution in [3.05, 3.63) is 34.9 Å². The fourth-order valence-electron chi connectivity index (χ4n) is 3.35. The third-order valence-corrected chi connectivity index (χ3v) is 4.73. The van der Waals surface area contributed by atoms with Crippen LogP contribution in [0.25, 0.3) is 0 Å². The first kappa shape index (κ1) is 14.8. The Morgan fingerprint density at radius 3 is 2.32 bits per heavy atom. The average Bonchev–Trinajstić information content (AvgIpc) is 2.68. The number of hydrogen-bond donors (Lipinski definition) is 1. The molecule has 106 valence electrons. The van der Waals surface area contributed by atoms with E-state index in [9.17, 15) is 0 Å². The third-order valence-electron chi connectivity index (χ3n) is 4.39. The molecule has 1 unspecified atom stereocenters. The molecule has 1 aromatic carbocycles. The average molecular weight is 282 g/mol. The minimum Gasteiger partial charge on any atom is -0.376 e. The molecule has 1 N–H and O–H groups in total. The Morgan fingerprint density at radius 1 is 1.16 bits per heavy atom. The highest BCUT2D eigenvalue weighted by Crippen LogP contribution is 2.41. The van der Waals surface area contributed by atoms with Gasteiger partial charge in [0.15, 0.2) is 0 Å². The quantitative estimate of drug-likeness (QED) is 0.829. The Kier molecular flexibility index (Phi) is 5.26. The second-order valence-corrected chi connectivity index (χ2v) is 5.83. The van der Waals surface area contributed by atoms with Crippen LogP contribution in [0.1, 0.15) is 50.1 Å². The van der Waals surface area contributed by atoms with Crippen LogP contribution in [0.3, 0.4) is 0 Å². The lowest BCUT2D eigenvalue weighted by Gasteiger charge is -2.39. The first-order valence-electron chi connectivity index (χ1n) is 7.20. The van der Waals surface area contributed by atoms with Crippen LogP contribution >= 0.6 is 11.6 Å². The minimum absolute atomic E-state index is 0.129. The molecule has 0 aliphatic heterocycles. The SMILES string of the molecule is CNC(c1ccccc1Cl)C1(OC)CCCCCC1. The number of likely N-dealkylation sites (N-methyl/N-ethyl adjacent to an activating group) is 1. The summed E-state index contributed by atoms with van der Waals surface area (Å²) in [5.41, 5.74) is 1.02. The van der Waals surface area contributed by atoms with Crippen molar-refractivity contribution >= 4 is 11.6 Å². The fourth-order valence-corrected chi connectivity index (χ4v) is 3.59. The summed E-state index contributed by atoms with van der Waals surface area (Å²) in [6.07, 6.45) is 7.28. The summed E-state index contributed by atoms with van der Waals surface area (Å²) in [7, 11) is 3.84. The molecule has 0 radical (unpaired) electrons. The summed E-state index contributed by atoms with van der Waals surface area (Å²) in [6, 6.07) is 8.25. The molecule has 2 rings (SSSR count). The zero-order chi connectivity index (χ0) is 13.7. The van der Waals surface area contributed by atoms with Crippen molar-refractivity contribution in [1.82, 2.24) is 5.32 Å². The first-order chi connectivity index (χ1) is 9.23. The second kappa shape index (κ2) is 6.74. The monoisotopic (exact) mass is 281 g/mol. The van der Waals surface area contributed by atoms with Crippen molar-refractivity contribution < 1.29 is 4.74 Å². The van der Waals surface area contributed by atoms with Crippen molar-refractivity contribution in [2.24, 2.45) is 0 Å². The molecule has 0 saturated heterocycles. The summed E-state index contributed by atoms with van der Waals surface area (Å²) in [5.74, 6) is 0. The van der Waals surface area contributed by atoms with E-state index in [0.717, 1.165) is 23.4 Å². The van der Waals surface area contributed by atoms with Gasteiger partial charge in [0.25, 0.3) is 0 Å². The summed E-state index contributed by atoms with van der Waals surface area (Å²) in [6.45, 7) is 0. The van der Waals surface area contributed by atoms with Gasteiger partial charge in [-0.3, -0.25) is 0 Å². The lowest BCUT2D eigenvalue weighted by Crippen LogP contribution is -2.44. The van der Waals surface area contributed by atoms with Gasteiger partial charge in [0.1, 0.15) is 0 Å². The fraction of sp³-hybridized carbons (Fsp3) is 0.625. The zero-order valence-electron chi connectivity index (χ0n) is 11.9. The van der Waals surface area contributed by atoms with Crippen molar-refractivity contribution in [3.63, 3.8) is 0 Å². The summed E-state index contributed by atoms with van der Waals surface area (Å²) < 4.78 is 6.00. The molecule has 2 nitrogen and oxygen atoms in total. The Labute approximate surface area is 121 Å². The maximum absolute atomic E-state index is 6.38. The van der Waals surface area contributed by atoms with Crippen LogP contribution in [-0.2, 0) is 4.74 Å². The molecule has 3 heteroatoms. The highest BCUT2D eigenvalue weighted by atomic mass is 35.5. The number of halogens is 1.